The second kappa shape index (κ2) is 7.46. The number of nitrogens with zero attached hydrogens (tertiary/aromatic N) is 2. The molecular formula is C19H12ClFN2O3S2. The van der Waals surface area contributed by atoms with Crippen LogP contribution in [0.1, 0.15) is 9.67 Å². The molecule has 0 aliphatic heterocycles. The van der Waals surface area contributed by atoms with Crippen molar-refractivity contribution in [3.63, 3.8) is 0 Å². The number of carbonyl (C=O) groups is 2. The Morgan fingerprint density at radius 1 is 1.14 bits per heavy atom. The predicted octanol–water partition coefficient (Wildman–Crippen LogP) is 4.62. The van der Waals surface area contributed by atoms with Crippen molar-refractivity contribution in [3.8, 4) is 0 Å². The van der Waals surface area contributed by atoms with Crippen molar-refractivity contribution in [2.45, 2.75) is 6.54 Å². The number of rotatable bonds is 3. The van der Waals surface area contributed by atoms with E-state index in [1.807, 2.05) is 24.3 Å². The summed E-state index contributed by atoms with van der Waals surface area (Å²) in [6.07, 6.45) is 0. The highest BCUT2D eigenvalue weighted by molar-refractivity contribution is 7.21. The van der Waals surface area contributed by atoms with Crippen LogP contribution in [0, 0.1) is 5.82 Å². The third kappa shape index (κ3) is 3.23. The number of benzene rings is 2. The first-order valence-corrected chi connectivity index (χ1v) is 10.1. The van der Waals surface area contributed by atoms with Crippen LogP contribution in [0.5, 0.6) is 0 Å². The Morgan fingerprint density at radius 3 is 2.64 bits per heavy atom. The molecule has 2 aromatic heterocycles. The van der Waals surface area contributed by atoms with E-state index in [9.17, 15) is 14.0 Å². The Morgan fingerprint density at radius 2 is 1.89 bits per heavy atom. The molecule has 0 bridgehead atoms. The highest BCUT2D eigenvalue weighted by Crippen LogP contribution is 2.35. The molecule has 2 aromatic carbocycles. The maximum Gasteiger partial charge on any atom is 0.325 e. The molecule has 28 heavy (non-hydrogen) atoms. The summed E-state index contributed by atoms with van der Waals surface area (Å²) in [6.45, 7) is -0.260. The van der Waals surface area contributed by atoms with Gasteiger partial charge in [-0.3, -0.25) is 9.59 Å². The number of fused-ring (bicyclic) bond motifs is 2. The van der Waals surface area contributed by atoms with Crippen LogP contribution < -0.4 is 4.80 Å². The predicted molar refractivity (Wildman–Crippen MR) is 109 cm³/mol. The van der Waals surface area contributed by atoms with Gasteiger partial charge in [-0.05, 0) is 18.2 Å². The van der Waals surface area contributed by atoms with Gasteiger partial charge in [-0.2, -0.15) is 4.99 Å². The van der Waals surface area contributed by atoms with E-state index in [0.717, 1.165) is 21.4 Å². The largest absolute Gasteiger partial charge is 0.468 e. The molecule has 5 nitrogen and oxygen atoms in total. The first kappa shape index (κ1) is 18.8. The molecule has 0 aliphatic rings. The zero-order valence-electron chi connectivity index (χ0n) is 14.4. The molecule has 0 saturated heterocycles. The standard InChI is InChI=1S/C19H12ClFN2O3S2/c1-26-14(24)9-23-16-11(21)6-4-8-13(16)28-19(23)22-18(25)17-15(20)10-5-2-3-7-12(10)27-17/h2-8H,9H2,1H3. The molecule has 0 fully saturated rings. The number of thiophene rings is 1. The lowest BCUT2D eigenvalue weighted by Gasteiger charge is -2.04. The fourth-order valence-corrected chi connectivity index (χ4v) is 5.24. The van der Waals surface area contributed by atoms with Crippen LogP contribution >= 0.6 is 34.3 Å². The van der Waals surface area contributed by atoms with Gasteiger partial charge in [-0.25, -0.2) is 4.39 Å². The van der Waals surface area contributed by atoms with Crippen LogP contribution in [0.3, 0.4) is 0 Å². The lowest BCUT2D eigenvalue weighted by molar-refractivity contribution is -0.141. The van der Waals surface area contributed by atoms with E-state index in [-0.39, 0.29) is 16.9 Å². The summed E-state index contributed by atoms with van der Waals surface area (Å²) in [4.78, 5) is 29.3. The number of halogens is 2. The number of methoxy groups -OCH3 is 1. The number of esters is 1. The first-order chi connectivity index (χ1) is 13.5. The summed E-state index contributed by atoms with van der Waals surface area (Å²) >= 11 is 8.72. The number of ether oxygens (including phenoxy) is 1. The van der Waals surface area contributed by atoms with Crippen LogP contribution in [-0.2, 0) is 16.1 Å². The number of thiazole rings is 1. The Balaban J connectivity index is 1.89. The maximum atomic E-state index is 14.4. The van der Waals surface area contributed by atoms with Crippen LogP contribution in [0.25, 0.3) is 20.3 Å². The molecule has 2 heterocycles. The number of hydrogen-bond donors (Lipinski definition) is 0. The van der Waals surface area contributed by atoms with Crippen molar-refractivity contribution in [2.24, 2.45) is 4.99 Å². The molecule has 1 amide bonds. The van der Waals surface area contributed by atoms with E-state index in [4.69, 9.17) is 16.3 Å². The van der Waals surface area contributed by atoms with Crippen molar-refractivity contribution < 1.29 is 18.7 Å². The van der Waals surface area contributed by atoms with E-state index in [1.165, 1.54) is 29.1 Å². The molecule has 0 atom stereocenters. The smallest absolute Gasteiger partial charge is 0.325 e. The minimum atomic E-state index is -0.572. The monoisotopic (exact) mass is 434 g/mol. The van der Waals surface area contributed by atoms with Crippen molar-refractivity contribution in [2.75, 3.05) is 7.11 Å². The Labute approximate surface area is 171 Å². The van der Waals surface area contributed by atoms with Crippen molar-refractivity contribution in [1.29, 1.82) is 0 Å². The summed E-state index contributed by atoms with van der Waals surface area (Å²) in [5.74, 6) is -1.63. The lowest BCUT2D eigenvalue weighted by Crippen LogP contribution is -2.22. The van der Waals surface area contributed by atoms with Gasteiger partial charge in [0.15, 0.2) is 4.80 Å². The van der Waals surface area contributed by atoms with Gasteiger partial charge in [0, 0.05) is 10.1 Å². The second-order valence-electron chi connectivity index (χ2n) is 5.79. The lowest BCUT2D eigenvalue weighted by atomic mass is 10.2. The first-order valence-electron chi connectivity index (χ1n) is 8.10. The summed E-state index contributed by atoms with van der Waals surface area (Å²) in [6, 6.07) is 12.0. The van der Waals surface area contributed by atoms with Crippen LogP contribution in [0.4, 0.5) is 4.39 Å². The van der Waals surface area contributed by atoms with Crippen LogP contribution in [0.15, 0.2) is 47.5 Å². The van der Waals surface area contributed by atoms with E-state index in [1.54, 1.807) is 12.1 Å². The Kier molecular flexibility index (Phi) is 5.01. The molecule has 0 unspecified atom stereocenters. The molecule has 4 aromatic rings. The number of para-hydroxylation sites is 1. The van der Waals surface area contributed by atoms with Gasteiger partial charge >= 0.3 is 5.97 Å². The molecule has 0 saturated carbocycles. The van der Waals surface area contributed by atoms with Crippen LogP contribution in [0.2, 0.25) is 5.02 Å². The highest BCUT2D eigenvalue weighted by Gasteiger charge is 2.19. The summed E-state index contributed by atoms with van der Waals surface area (Å²) in [5.41, 5.74) is 0.201. The molecule has 142 valence electrons. The number of carbonyl (C=O) groups excluding carboxylic acids is 2. The topological polar surface area (TPSA) is 60.7 Å². The van der Waals surface area contributed by atoms with E-state index in [0.29, 0.717) is 14.6 Å². The van der Waals surface area contributed by atoms with Crippen molar-refractivity contribution >= 4 is 66.5 Å². The molecule has 9 heteroatoms. The van der Waals surface area contributed by atoms with E-state index in [2.05, 4.69) is 4.99 Å². The second-order valence-corrected chi connectivity index (χ2v) is 8.23. The summed E-state index contributed by atoms with van der Waals surface area (Å²) in [5, 5.41) is 1.11. The zero-order chi connectivity index (χ0) is 19.8. The van der Waals surface area contributed by atoms with Gasteiger partial charge < -0.3 is 9.30 Å². The summed E-state index contributed by atoms with van der Waals surface area (Å²) < 4.78 is 21.8. The fourth-order valence-electron chi connectivity index (χ4n) is 2.80. The van der Waals surface area contributed by atoms with E-state index < -0.39 is 17.7 Å². The fraction of sp³-hybridized carbons (Fsp3) is 0.105. The summed E-state index contributed by atoms with van der Waals surface area (Å²) in [7, 11) is 1.24. The number of amides is 1. The minimum Gasteiger partial charge on any atom is -0.468 e. The third-order valence-electron chi connectivity index (χ3n) is 4.09. The highest BCUT2D eigenvalue weighted by atomic mass is 35.5. The van der Waals surface area contributed by atoms with Gasteiger partial charge in [-0.15, -0.1) is 11.3 Å². The van der Waals surface area contributed by atoms with Crippen molar-refractivity contribution in [1.82, 2.24) is 4.57 Å². The molecule has 0 N–H and O–H groups in total. The number of aromatic nitrogens is 1. The van der Waals surface area contributed by atoms with Gasteiger partial charge in [0.05, 0.1) is 22.3 Å². The molecule has 0 spiro atoms. The van der Waals surface area contributed by atoms with Gasteiger partial charge in [0.2, 0.25) is 0 Å². The quantitative estimate of drug-likeness (QED) is 0.442. The molecule has 4 rings (SSSR count). The molecule has 0 aliphatic carbocycles. The minimum absolute atomic E-state index is 0.198. The van der Waals surface area contributed by atoms with Gasteiger partial charge in [0.1, 0.15) is 17.2 Å². The van der Waals surface area contributed by atoms with Gasteiger partial charge in [-0.1, -0.05) is 47.2 Å². The Bertz CT molecular complexity index is 1310. The van der Waals surface area contributed by atoms with Crippen molar-refractivity contribution in [3.05, 3.63) is 63.0 Å². The van der Waals surface area contributed by atoms with Crippen LogP contribution in [-0.4, -0.2) is 23.6 Å². The SMILES string of the molecule is COC(=O)Cn1c(=NC(=O)c2sc3ccccc3c2Cl)sc2cccc(F)c21. The Hall–Kier alpha value is -2.55. The average molecular weight is 435 g/mol. The average Bonchev–Trinajstić information content (AvgIpc) is 3.21. The zero-order valence-corrected chi connectivity index (χ0v) is 16.8. The normalized spacial score (nSPS) is 12.0. The molecule has 0 radical (unpaired) electrons. The van der Waals surface area contributed by atoms with E-state index >= 15 is 0 Å². The molecular weight excluding hydrogens is 423 g/mol. The third-order valence-corrected chi connectivity index (χ3v) is 6.80. The maximum absolute atomic E-state index is 14.4. The number of hydrogen-bond acceptors (Lipinski definition) is 5. The van der Waals surface area contributed by atoms with Gasteiger partial charge in [0.25, 0.3) is 5.91 Å².